The highest BCUT2D eigenvalue weighted by Crippen LogP contribution is 2.28. The summed E-state index contributed by atoms with van der Waals surface area (Å²) in [5, 5.41) is 3.63. The maximum atomic E-state index is 3.63. The number of nitrogens with one attached hydrogen (secondary N) is 1. The lowest BCUT2D eigenvalue weighted by molar-refractivity contribution is 0.696. The van der Waals surface area contributed by atoms with Crippen molar-refractivity contribution in [3.63, 3.8) is 0 Å². The molecule has 0 radical (unpaired) electrons. The molecule has 214 valence electrons. The molecular formula is C44H33N. The van der Waals surface area contributed by atoms with Crippen molar-refractivity contribution < 1.29 is 0 Å². The van der Waals surface area contributed by atoms with Gasteiger partial charge in [-0.1, -0.05) is 145 Å². The third kappa shape index (κ3) is 6.98. The quantitative estimate of drug-likeness (QED) is 0.206. The second kappa shape index (κ2) is 13.4. The van der Waals surface area contributed by atoms with Crippen LogP contribution in [0.25, 0.3) is 44.5 Å². The molecule has 1 saturated heterocycles. The first-order valence-electron chi connectivity index (χ1n) is 15.6. The third-order valence-electron chi connectivity index (χ3n) is 8.26. The molecule has 1 N–H and O–H groups in total. The van der Waals surface area contributed by atoms with Gasteiger partial charge in [0, 0.05) is 11.1 Å². The number of hydrogen-bond acceptors (Lipinski definition) is 1. The predicted octanol–water partition coefficient (Wildman–Crippen LogP) is 9.88. The first-order valence-corrected chi connectivity index (χ1v) is 15.6. The molecule has 2 atom stereocenters. The maximum Gasteiger partial charge on any atom is 0.0703 e. The summed E-state index contributed by atoms with van der Waals surface area (Å²) in [4.78, 5) is 0. The number of benzene rings is 6. The highest BCUT2D eigenvalue weighted by Gasteiger charge is 2.20. The minimum absolute atomic E-state index is 0.140. The van der Waals surface area contributed by atoms with E-state index in [1.165, 1.54) is 44.5 Å². The van der Waals surface area contributed by atoms with E-state index in [1.807, 2.05) is 0 Å². The molecule has 1 fully saturated rings. The Bertz CT molecular complexity index is 1900. The van der Waals surface area contributed by atoms with E-state index in [9.17, 15) is 0 Å². The molecule has 0 spiro atoms. The highest BCUT2D eigenvalue weighted by atomic mass is 15.0. The molecule has 6 aromatic rings. The van der Waals surface area contributed by atoms with E-state index in [2.05, 4.69) is 187 Å². The summed E-state index contributed by atoms with van der Waals surface area (Å²) < 4.78 is 0. The summed E-state index contributed by atoms with van der Waals surface area (Å²) in [5.41, 5.74) is 11.7. The zero-order valence-electron chi connectivity index (χ0n) is 25.1. The molecule has 1 aliphatic heterocycles. The van der Waals surface area contributed by atoms with Crippen molar-refractivity contribution in [1.82, 2.24) is 5.32 Å². The van der Waals surface area contributed by atoms with Crippen LogP contribution in [-0.2, 0) is 0 Å². The fourth-order valence-electron chi connectivity index (χ4n) is 5.88. The zero-order chi connectivity index (χ0) is 30.3. The second-order valence-electron chi connectivity index (χ2n) is 11.4. The van der Waals surface area contributed by atoms with Gasteiger partial charge in [0.1, 0.15) is 0 Å². The predicted molar refractivity (Wildman–Crippen MR) is 188 cm³/mol. The average molecular weight is 576 g/mol. The van der Waals surface area contributed by atoms with Gasteiger partial charge >= 0.3 is 0 Å². The summed E-state index contributed by atoms with van der Waals surface area (Å²) >= 11 is 0. The van der Waals surface area contributed by atoms with Crippen LogP contribution in [0.1, 0.15) is 24.0 Å². The molecule has 7 rings (SSSR count). The first-order chi connectivity index (χ1) is 22.3. The Morgan fingerprint density at radius 2 is 0.689 bits per heavy atom. The Morgan fingerprint density at radius 1 is 0.356 bits per heavy atom. The Morgan fingerprint density at radius 3 is 1.11 bits per heavy atom. The van der Waals surface area contributed by atoms with Gasteiger partial charge in [0.25, 0.3) is 0 Å². The lowest BCUT2D eigenvalue weighted by Crippen LogP contribution is -2.27. The molecule has 0 aliphatic carbocycles. The first kappa shape index (κ1) is 28.2. The summed E-state index contributed by atoms with van der Waals surface area (Å²) in [6, 6.07) is 55.8. The Kier molecular flexibility index (Phi) is 8.37. The van der Waals surface area contributed by atoms with E-state index in [-0.39, 0.29) is 12.1 Å². The van der Waals surface area contributed by atoms with Gasteiger partial charge in [0.15, 0.2) is 0 Å². The Hall–Kier alpha value is -5.60. The molecule has 1 nitrogen and oxygen atoms in total. The van der Waals surface area contributed by atoms with Crippen LogP contribution in [0, 0.1) is 23.7 Å². The van der Waals surface area contributed by atoms with Crippen LogP contribution in [0.5, 0.6) is 0 Å². The second-order valence-corrected chi connectivity index (χ2v) is 11.4. The van der Waals surface area contributed by atoms with Crippen molar-refractivity contribution >= 4 is 0 Å². The van der Waals surface area contributed by atoms with Crippen molar-refractivity contribution in [3.05, 3.63) is 169 Å². The average Bonchev–Trinajstić information content (AvgIpc) is 3.59. The topological polar surface area (TPSA) is 12.0 Å². The summed E-state index contributed by atoms with van der Waals surface area (Å²) in [6.45, 7) is 0. The third-order valence-corrected chi connectivity index (χ3v) is 8.26. The molecule has 1 heterocycles. The van der Waals surface area contributed by atoms with Gasteiger partial charge in [0.2, 0.25) is 0 Å². The van der Waals surface area contributed by atoms with E-state index >= 15 is 0 Å². The largest absolute Gasteiger partial charge is 0.290 e. The summed E-state index contributed by atoms with van der Waals surface area (Å²) in [5.74, 6) is 13.8. The van der Waals surface area contributed by atoms with Crippen LogP contribution in [0.3, 0.4) is 0 Å². The lowest BCUT2D eigenvalue weighted by Gasteiger charge is -2.07. The molecule has 0 amide bonds. The number of hydrogen-bond donors (Lipinski definition) is 1. The molecule has 0 unspecified atom stereocenters. The van der Waals surface area contributed by atoms with E-state index in [0.717, 1.165) is 24.0 Å². The van der Waals surface area contributed by atoms with Gasteiger partial charge in [0.05, 0.1) is 12.1 Å². The van der Waals surface area contributed by atoms with E-state index in [1.54, 1.807) is 0 Å². The molecule has 0 aromatic heterocycles. The van der Waals surface area contributed by atoms with Crippen molar-refractivity contribution in [2.45, 2.75) is 24.9 Å². The van der Waals surface area contributed by atoms with Gasteiger partial charge < -0.3 is 0 Å². The Labute approximate surface area is 266 Å². The fourth-order valence-corrected chi connectivity index (χ4v) is 5.88. The van der Waals surface area contributed by atoms with Crippen LogP contribution in [0.4, 0.5) is 0 Å². The molecule has 0 saturated carbocycles. The van der Waals surface area contributed by atoms with Gasteiger partial charge in [-0.2, -0.15) is 0 Å². The SMILES string of the molecule is C(#C[C@@H]1CC[C@@H](C#Cc2cccc(-c3cccc(-c4ccccc4)c3)c2)N1)c1cccc(-c2cccc(-c3ccccc3)c2)c1. The van der Waals surface area contributed by atoms with Gasteiger partial charge in [-0.15, -0.1) is 0 Å². The molecule has 1 aliphatic rings. The minimum atomic E-state index is 0.140. The maximum absolute atomic E-state index is 3.63. The van der Waals surface area contributed by atoms with E-state index < -0.39 is 0 Å². The highest BCUT2D eigenvalue weighted by molar-refractivity contribution is 5.75. The van der Waals surface area contributed by atoms with Gasteiger partial charge in [-0.3, -0.25) is 5.32 Å². The molecule has 1 heteroatoms. The molecule has 45 heavy (non-hydrogen) atoms. The summed E-state index contributed by atoms with van der Waals surface area (Å²) in [7, 11) is 0. The van der Waals surface area contributed by atoms with Crippen molar-refractivity contribution in [2.75, 3.05) is 0 Å². The number of rotatable bonds is 4. The van der Waals surface area contributed by atoms with Crippen molar-refractivity contribution in [2.24, 2.45) is 0 Å². The summed E-state index contributed by atoms with van der Waals surface area (Å²) in [6.07, 6.45) is 1.99. The van der Waals surface area contributed by atoms with Gasteiger partial charge in [-0.05, 0) is 93.7 Å². The monoisotopic (exact) mass is 575 g/mol. The van der Waals surface area contributed by atoms with Gasteiger partial charge in [-0.25, -0.2) is 0 Å². The molecule has 0 bridgehead atoms. The zero-order valence-corrected chi connectivity index (χ0v) is 25.1. The smallest absolute Gasteiger partial charge is 0.0703 e. The van der Waals surface area contributed by atoms with Crippen LogP contribution in [-0.4, -0.2) is 12.1 Å². The van der Waals surface area contributed by atoms with E-state index in [0.29, 0.717) is 0 Å². The van der Waals surface area contributed by atoms with Crippen LogP contribution in [0.2, 0.25) is 0 Å². The van der Waals surface area contributed by atoms with Crippen LogP contribution >= 0.6 is 0 Å². The van der Waals surface area contributed by atoms with Crippen LogP contribution < -0.4 is 5.32 Å². The molecule has 6 aromatic carbocycles. The van der Waals surface area contributed by atoms with E-state index in [4.69, 9.17) is 0 Å². The van der Waals surface area contributed by atoms with Crippen molar-refractivity contribution in [3.8, 4) is 68.2 Å². The fraction of sp³-hybridized carbons (Fsp3) is 0.0909. The molecular weight excluding hydrogens is 542 g/mol. The minimum Gasteiger partial charge on any atom is -0.290 e. The van der Waals surface area contributed by atoms with Crippen molar-refractivity contribution in [1.29, 1.82) is 0 Å². The lowest BCUT2D eigenvalue weighted by atomic mass is 9.98. The van der Waals surface area contributed by atoms with Crippen LogP contribution in [0.15, 0.2) is 158 Å². The normalized spacial score (nSPS) is 15.4. The standard InChI is InChI=1S/C44H33N/c1-3-13-35(14-4-1)39-19-9-21-41(31-39)37-17-7-11-33(29-37)23-25-43-27-28-44(45-43)26-24-34-12-8-18-38(30-34)42-22-10-20-40(32-42)36-15-5-2-6-16-36/h1-22,29-32,43-45H,27-28H2/t43-,44-/m1/s1. The Balaban J connectivity index is 1.01.